The molecule has 17 nitrogen and oxygen atoms in total. The van der Waals surface area contributed by atoms with E-state index in [2.05, 4.69) is 149 Å². The summed E-state index contributed by atoms with van der Waals surface area (Å²) < 4.78 is 68.6. The minimum atomic E-state index is -5.00. The number of phosphoric ester groups is 2. The molecule has 0 saturated heterocycles. The van der Waals surface area contributed by atoms with Crippen molar-refractivity contribution in [1.29, 1.82) is 0 Å². The first-order chi connectivity index (χ1) is 50.7. The summed E-state index contributed by atoms with van der Waals surface area (Å²) in [5.74, 6) is -2.28. The molecule has 0 aromatic carbocycles. The molecule has 0 bridgehead atoms. The van der Waals surface area contributed by atoms with E-state index in [1.807, 2.05) is 12.2 Å². The lowest BCUT2D eigenvalue weighted by molar-refractivity contribution is -0.161. The highest BCUT2D eigenvalue weighted by Crippen LogP contribution is 2.45. The molecule has 0 aromatic heterocycles. The van der Waals surface area contributed by atoms with Crippen molar-refractivity contribution >= 4 is 39.5 Å². The number of ether oxygens (including phenoxy) is 4. The summed E-state index contributed by atoms with van der Waals surface area (Å²) >= 11 is 0. The zero-order valence-electron chi connectivity index (χ0n) is 65.2. The van der Waals surface area contributed by atoms with Gasteiger partial charge in [0.25, 0.3) is 0 Å². The minimum absolute atomic E-state index is 0.0631. The molecule has 0 fully saturated rings. The minimum Gasteiger partial charge on any atom is -0.462 e. The number of hydrogen-bond donors (Lipinski definition) is 3. The quantitative estimate of drug-likeness (QED) is 0.0169. The van der Waals surface area contributed by atoms with Gasteiger partial charge in [0.15, 0.2) is 12.2 Å². The molecule has 0 spiro atoms. The molecule has 0 heterocycles. The Balaban J connectivity index is 5.41. The molecule has 5 atom stereocenters. The SMILES string of the molecule is CC/C=C\C/C=C\C/C=C\C/C=C\C/C=C\CCCC(=O)OCC(COP(=O)(O)OCC(O)COP(=O)(O)OCC(COC(=O)CCCCCCCC/C=C\C/C=C\C/C=C\CCCCC)OC(=O)CCCCCCC/C=C\CCCCCCCC)OC(=O)CCCCCCC/C=C\C/C=C\CCC. The fraction of sp³-hybridized carbons (Fsp3) is 0.694. The van der Waals surface area contributed by atoms with Gasteiger partial charge in [0.2, 0.25) is 0 Å². The van der Waals surface area contributed by atoms with E-state index in [0.29, 0.717) is 32.1 Å². The van der Waals surface area contributed by atoms with Gasteiger partial charge in [-0.3, -0.25) is 37.3 Å². The Morgan fingerprint density at radius 2 is 0.529 bits per heavy atom. The highest BCUT2D eigenvalue weighted by Gasteiger charge is 2.30. The van der Waals surface area contributed by atoms with Crippen molar-refractivity contribution < 1.29 is 80.2 Å². The van der Waals surface area contributed by atoms with Crippen LogP contribution in [-0.4, -0.2) is 96.7 Å². The summed E-state index contributed by atoms with van der Waals surface area (Å²) in [5.41, 5.74) is 0. The van der Waals surface area contributed by atoms with Crippen LogP contribution in [0, 0.1) is 0 Å². The lowest BCUT2D eigenvalue weighted by Gasteiger charge is -2.21. The second kappa shape index (κ2) is 76.4. The molecule has 596 valence electrons. The van der Waals surface area contributed by atoms with Crippen LogP contribution in [0.4, 0.5) is 0 Å². The Labute approximate surface area is 631 Å². The van der Waals surface area contributed by atoms with E-state index in [9.17, 15) is 43.2 Å². The third kappa shape index (κ3) is 75.4. The molecular weight excluding hydrogens is 1350 g/mol. The van der Waals surface area contributed by atoms with Crippen LogP contribution in [0.1, 0.15) is 323 Å². The van der Waals surface area contributed by atoms with Gasteiger partial charge in [0, 0.05) is 25.7 Å². The molecule has 0 saturated carbocycles. The second-order valence-corrected chi connectivity index (χ2v) is 29.5. The number of carbonyl (C=O) groups excluding carboxylic acids is 4. The number of hydrogen-bond acceptors (Lipinski definition) is 15. The van der Waals surface area contributed by atoms with Crippen LogP contribution in [0.3, 0.4) is 0 Å². The van der Waals surface area contributed by atoms with E-state index in [-0.39, 0.29) is 25.7 Å². The summed E-state index contributed by atoms with van der Waals surface area (Å²) in [5, 5.41) is 10.6. The fourth-order valence-electron chi connectivity index (χ4n) is 10.4. The first-order valence-electron chi connectivity index (χ1n) is 40.4. The normalized spacial score (nSPS) is 14.6. The molecule has 104 heavy (non-hydrogen) atoms. The standard InChI is InChI=1S/C85H144O17P2/c1-5-9-13-17-21-25-29-33-36-38-39-41-44-47-50-54-58-62-66-70-83(88)96-76-81(102-85(90)72-68-64-60-56-52-48-42-35-31-27-23-19-15-11-7-3)78-100-104(93,94)98-74-79(86)73-97-103(91,92)99-77-80(101-84(89)71-67-63-59-55-51-45-32-28-24-20-16-12-8-4)75-95-82(87)69-65-61-57-53-49-46-43-40-37-34-30-26-22-18-14-10-6-2/h10,14,16,20-22,25-26,28,32-37,39,41-43,46,53,57,79-81,86H,5-9,11-13,15,17-19,23-24,27,29-31,38,40,44-45,47-52,54-56,58-78H2,1-4H3,(H,91,92)(H,93,94)/b14-10-,20-16-,25-21-,26-22-,32-28-,36-33-,37-34-,41-39-,42-35-,46-43-,57-53-. The highest BCUT2D eigenvalue weighted by molar-refractivity contribution is 7.47. The predicted octanol–water partition coefficient (Wildman–Crippen LogP) is 23.7. The summed E-state index contributed by atoms with van der Waals surface area (Å²) in [7, 11) is -9.99. The van der Waals surface area contributed by atoms with Crippen molar-refractivity contribution in [3.63, 3.8) is 0 Å². The average molecular weight is 1500 g/mol. The van der Waals surface area contributed by atoms with Crippen LogP contribution >= 0.6 is 15.6 Å². The van der Waals surface area contributed by atoms with Crippen LogP contribution in [0.25, 0.3) is 0 Å². The van der Waals surface area contributed by atoms with Crippen molar-refractivity contribution in [3.05, 3.63) is 134 Å². The van der Waals surface area contributed by atoms with Gasteiger partial charge in [-0.25, -0.2) is 9.13 Å². The Hall–Kier alpha value is -4.80. The van der Waals surface area contributed by atoms with E-state index in [1.165, 1.54) is 57.8 Å². The topological polar surface area (TPSA) is 237 Å². The molecular formula is C85H144O17P2. The third-order valence-corrected chi connectivity index (χ3v) is 18.5. The molecule has 0 aliphatic rings. The lowest BCUT2D eigenvalue weighted by atomic mass is 10.1. The number of unbranched alkanes of at least 4 members (excludes halogenated alkanes) is 27. The van der Waals surface area contributed by atoms with E-state index in [1.54, 1.807) is 0 Å². The van der Waals surface area contributed by atoms with Gasteiger partial charge >= 0.3 is 39.5 Å². The van der Waals surface area contributed by atoms with Crippen LogP contribution in [0.2, 0.25) is 0 Å². The number of phosphoric acid groups is 2. The number of esters is 4. The smallest absolute Gasteiger partial charge is 0.462 e. The van der Waals surface area contributed by atoms with Crippen LogP contribution in [0.5, 0.6) is 0 Å². The van der Waals surface area contributed by atoms with Gasteiger partial charge in [-0.15, -0.1) is 0 Å². The summed E-state index contributed by atoms with van der Waals surface area (Å²) in [6, 6.07) is 0. The van der Waals surface area contributed by atoms with Gasteiger partial charge < -0.3 is 33.8 Å². The van der Waals surface area contributed by atoms with Crippen molar-refractivity contribution in [1.82, 2.24) is 0 Å². The Bertz CT molecular complexity index is 2490. The van der Waals surface area contributed by atoms with E-state index in [0.717, 1.165) is 180 Å². The maximum absolute atomic E-state index is 13.1. The molecule has 19 heteroatoms. The molecule has 0 aliphatic carbocycles. The molecule has 0 aliphatic heterocycles. The van der Waals surface area contributed by atoms with Gasteiger partial charge in [-0.05, 0) is 154 Å². The predicted molar refractivity (Wildman–Crippen MR) is 427 cm³/mol. The Morgan fingerprint density at radius 3 is 0.875 bits per heavy atom. The second-order valence-electron chi connectivity index (χ2n) is 26.6. The number of rotatable bonds is 75. The number of allylic oxidation sites excluding steroid dienone is 22. The first kappa shape index (κ1) is 99.2. The molecule has 0 amide bonds. The van der Waals surface area contributed by atoms with E-state index >= 15 is 0 Å². The maximum atomic E-state index is 13.1. The van der Waals surface area contributed by atoms with E-state index < -0.39 is 97.5 Å². The zero-order chi connectivity index (χ0) is 76.0. The summed E-state index contributed by atoms with van der Waals surface area (Å²) in [6.45, 7) is 4.57. The molecule has 0 radical (unpaired) electrons. The van der Waals surface area contributed by atoms with Gasteiger partial charge in [-0.2, -0.15) is 0 Å². The molecule has 0 rings (SSSR count). The van der Waals surface area contributed by atoms with Gasteiger partial charge in [0.05, 0.1) is 26.4 Å². The number of aliphatic hydroxyl groups is 1. The molecule has 0 aromatic rings. The van der Waals surface area contributed by atoms with E-state index in [4.69, 9.17) is 37.0 Å². The molecule has 5 unspecified atom stereocenters. The van der Waals surface area contributed by atoms with Crippen molar-refractivity contribution in [2.24, 2.45) is 0 Å². The highest BCUT2D eigenvalue weighted by atomic mass is 31.2. The monoisotopic (exact) mass is 1500 g/mol. The maximum Gasteiger partial charge on any atom is 0.472 e. The molecule has 3 N–H and O–H groups in total. The fourth-order valence-corrected chi connectivity index (χ4v) is 12.0. The van der Waals surface area contributed by atoms with Crippen molar-refractivity contribution in [2.45, 2.75) is 341 Å². The first-order valence-corrected chi connectivity index (χ1v) is 43.4. The Kier molecular flexibility index (Phi) is 72.9. The summed E-state index contributed by atoms with van der Waals surface area (Å²) in [4.78, 5) is 73.0. The zero-order valence-corrected chi connectivity index (χ0v) is 66.9. The van der Waals surface area contributed by atoms with Gasteiger partial charge in [0.1, 0.15) is 19.3 Å². The van der Waals surface area contributed by atoms with Crippen LogP contribution in [-0.2, 0) is 65.4 Å². The third-order valence-electron chi connectivity index (χ3n) is 16.5. The van der Waals surface area contributed by atoms with Gasteiger partial charge in [-0.1, -0.05) is 277 Å². The Morgan fingerprint density at radius 1 is 0.279 bits per heavy atom. The number of aliphatic hydroxyl groups excluding tert-OH is 1. The van der Waals surface area contributed by atoms with Crippen molar-refractivity contribution in [2.75, 3.05) is 39.6 Å². The average Bonchev–Trinajstić information content (AvgIpc) is 0.918. The largest absolute Gasteiger partial charge is 0.472 e. The van der Waals surface area contributed by atoms with Crippen molar-refractivity contribution in [3.8, 4) is 0 Å². The van der Waals surface area contributed by atoms with Crippen LogP contribution < -0.4 is 0 Å². The van der Waals surface area contributed by atoms with Crippen LogP contribution in [0.15, 0.2) is 134 Å². The lowest BCUT2D eigenvalue weighted by Crippen LogP contribution is -2.30. The summed E-state index contributed by atoms with van der Waals surface area (Å²) in [6.07, 6.45) is 85.8. The number of carbonyl (C=O) groups is 4.